The second kappa shape index (κ2) is 6.42. The third-order valence-corrected chi connectivity index (χ3v) is 5.92. The molecule has 0 amide bonds. The summed E-state index contributed by atoms with van der Waals surface area (Å²) >= 11 is 5.72. The van der Waals surface area contributed by atoms with Crippen LogP contribution in [0.1, 0.15) is 18.4 Å². The molecule has 0 aliphatic carbocycles. The summed E-state index contributed by atoms with van der Waals surface area (Å²) in [7, 11) is -3.67. The van der Waals surface area contributed by atoms with Crippen LogP contribution in [0.25, 0.3) is 0 Å². The van der Waals surface area contributed by atoms with Gasteiger partial charge in [0.1, 0.15) is 5.75 Å². The maximum atomic E-state index is 13.1. The quantitative estimate of drug-likeness (QED) is 0.775. The average molecular weight is 352 g/mol. The van der Waals surface area contributed by atoms with E-state index >= 15 is 0 Å². The minimum atomic E-state index is -3.67. The zero-order valence-electron chi connectivity index (χ0n) is 12.8. The number of halogens is 1. The van der Waals surface area contributed by atoms with Gasteiger partial charge in [0.15, 0.2) is 0 Å². The first-order chi connectivity index (χ1) is 11.0. The largest absolute Gasteiger partial charge is 0.470 e. The van der Waals surface area contributed by atoms with E-state index in [1.807, 2.05) is 43.3 Å². The molecular weight excluding hydrogens is 334 g/mol. The van der Waals surface area contributed by atoms with Crippen LogP contribution in [-0.2, 0) is 10.0 Å². The van der Waals surface area contributed by atoms with Crippen molar-refractivity contribution in [3.63, 3.8) is 0 Å². The van der Waals surface area contributed by atoms with Gasteiger partial charge in [-0.05, 0) is 43.2 Å². The van der Waals surface area contributed by atoms with Crippen LogP contribution in [-0.4, -0.2) is 19.7 Å². The Bertz CT molecular complexity index is 793. The Morgan fingerprint density at radius 2 is 1.91 bits per heavy atom. The van der Waals surface area contributed by atoms with Crippen LogP contribution in [0.5, 0.6) is 5.75 Å². The summed E-state index contributed by atoms with van der Waals surface area (Å²) in [5, 5.41) is 0. The standard InChI is InChI=1S/C17H18ClNO3S/c1-13-9-10-16-15(12-13)19(14-6-3-2-4-7-14)23(20,21)17(22-16)8-5-11-18/h2-4,6-7,9-10,12,17H,5,8,11H2,1H3. The number of aryl methyl sites for hydroxylation is 1. The molecule has 1 aliphatic rings. The fourth-order valence-corrected chi connectivity index (χ4v) is 4.56. The lowest BCUT2D eigenvalue weighted by Crippen LogP contribution is -2.43. The molecule has 1 atom stereocenters. The molecule has 0 aromatic heterocycles. The number of ether oxygens (including phenoxy) is 1. The lowest BCUT2D eigenvalue weighted by Gasteiger charge is -2.35. The second-order valence-corrected chi connectivity index (χ2v) is 7.79. The first-order valence-electron chi connectivity index (χ1n) is 7.46. The van der Waals surface area contributed by atoms with Crippen molar-refractivity contribution in [3.8, 4) is 5.75 Å². The molecule has 2 aromatic carbocycles. The molecule has 6 heteroatoms. The summed E-state index contributed by atoms with van der Waals surface area (Å²) < 4.78 is 33.3. The van der Waals surface area contributed by atoms with E-state index in [-0.39, 0.29) is 0 Å². The molecule has 0 bridgehead atoms. The van der Waals surface area contributed by atoms with E-state index in [4.69, 9.17) is 16.3 Å². The number of hydrogen-bond donors (Lipinski definition) is 0. The van der Waals surface area contributed by atoms with Gasteiger partial charge in [0.05, 0.1) is 11.4 Å². The van der Waals surface area contributed by atoms with Crippen LogP contribution in [0.3, 0.4) is 0 Å². The molecule has 1 unspecified atom stereocenters. The van der Waals surface area contributed by atoms with Crippen molar-refractivity contribution >= 4 is 33.0 Å². The van der Waals surface area contributed by atoms with Crippen molar-refractivity contribution in [2.24, 2.45) is 0 Å². The maximum Gasteiger partial charge on any atom is 0.277 e. The third kappa shape index (κ3) is 3.03. The van der Waals surface area contributed by atoms with Crippen LogP contribution < -0.4 is 9.04 Å². The van der Waals surface area contributed by atoms with E-state index < -0.39 is 15.5 Å². The van der Waals surface area contributed by atoms with Gasteiger partial charge in [-0.2, -0.15) is 0 Å². The fraction of sp³-hybridized carbons (Fsp3) is 0.294. The van der Waals surface area contributed by atoms with Gasteiger partial charge in [-0.15, -0.1) is 11.6 Å². The van der Waals surface area contributed by atoms with Gasteiger partial charge in [-0.1, -0.05) is 24.3 Å². The van der Waals surface area contributed by atoms with E-state index in [0.717, 1.165) is 5.56 Å². The number of hydrogen-bond acceptors (Lipinski definition) is 3. The Morgan fingerprint density at radius 3 is 2.61 bits per heavy atom. The molecule has 0 saturated carbocycles. The highest BCUT2D eigenvalue weighted by atomic mass is 35.5. The Balaban J connectivity index is 2.15. The summed E-state index contributed by atoms with van der Waals surface area (Å²) in [6.07, 6.45) is 0.942. The van der Waals surface area contributed by atoms with Gasteiger partial charge < -0.3 is 4.74 Å². The molecule has 2 aromatic rings. The molecule has 3 rings (SSSR count). The molecule has 4 nitrogen and oxygen atoms in total. The molecule has 0 fully saturated rings. The van der Waals surface area contributed by atoms with Crippen LogP contribution in [0.4, 0.5) is 11.4 Å². The summed E-state index contributed by atoms with van der Waals surface area (Å²) in [6, 6.07) is 14.6. The van der Waals surface area contributed by atoms with Gasteiger partial charge in [0.2, 0.25) is 5.44 Å². The number of benzene rings is 2. The highest BCUT2D eigenvalue weighted by Gasteiger charge is 2.40. The predicted octanol–water partition coefficient (Wildman–Crippen LogP) is 4.20. The van der Waals surface area contributed by atoms with E-state index in [9.17, 15) is 8.42 Å². The smallest absolute Gasteiger partial charge is 0.277 e. The van der Waals surface area contributed by atoms with Crippen molar-refractivity contribution < 1.29 is 13.2 Å². The Labute approximate surface area is 141 Å². The zero-order chi connectivity index (χ0) is 16.4. The summed E-state index contributed by atoms with van der Waals surface area (Å²) in [4.78, 5) is 0. The van der Waals surface area contributed by atoms with Gasteiger partial charge in [-0.3, -0.25) is 0 Å². The fourth-order valence-electron chi connectivity index (χ4n) is 2.64. The topological polar surface area (TPSA) is 46.6 Å². The molecule has 122 valence electrons. The number of nitrogens with zero attached hydrogens (tertiary/aromatic N) is 1. The van der Waals surface area contributed by atoms with Crippen molar-refractivity contribution in [2.75, 3.05) is 10.2 Å². The first-order valence-corrected chi connectivity index (χ1v) is 9.50. The van der Waals surface area contributed by atoms with Crippen molar-refractivity contribution in [3.05, 3.63) is 54.1 Å². The molecule has 0 radical (unpaired) electrons. The molecule has 23 heavy (non-hydrogen) atoms. The van der Waals surface area contributed by atoms with Gasteiger partial charge in [0.25, 0.3) is 10.0 Å². The second-order valence-electron chi connectivity index (χ2n) is 5.49. The number of alkyl halides is 1. The van der Waals surface area contributed by atoms with E-state index in [1.54, 1.807) is 12.1 Å². The van der Waals surface area contributed by atoms with Crippen LogP contribution in [0, 0.1) is 6.92 Å². The van der Waals surface area contributed by atoms with Crippen molar-refractivity contribution in [1.29, 1.82) is 0 Å². The summed E-state index contributed by atoms with van der Waals surface area (Å²) in [5.74, 6) is 0.982. The van der Waals surface area contributed by atoms with Crippen molar-refractivity contribution in [1.82, 2.24) is 0 Å². The molecule has 1 heterocycles. The van der Waals surface area contributed by atoms with Crippen molar-refractivity contribution in [2.45, 2.75) is 25.2 Å². The van der Waals surface area contributed by atoms with E-state index in [0.29, 0.717) is 35.8 Å². The number of anilines is 2. The number of para-hydroxylation sites is 1. The van der Waals surface area contributed by atoms with Gasteiger partial charge in [0, 0.05) is 12.3 Å². The molecule has 1 aliphatic heterocycles. The van der Waals surface area contributed by atoms with Crippen LogP contribution >= 0.6 is 11.6 Å². The maximum absolute atomic E-state index is 13.1. The molecular formula is C17H18ClNO3S. The number of sulfonamides is 1. The molecule has 0 saturated heterocycles. The van der Waals surface area contributed by atoms with Crippen LogP contribution in [0.15, 0.2) is 48.5 Å². The summed E-state index contributed by atoms with van der Waals surface area (Å²) in [5.41, 5.74) is 1.22. The minimum absolute atomic E-state index is 0.364. The van der Waals surface area contributed by atoms with Crippen LogP contribution in [0.2, 0.25) is 0 Å². The highest BCUT2D eigenvalue weighted by molar-refractivity contribution is 7.93. The Hall–Kier alpha value is -1.72. The van der Waals surface area contributed by atoms with E-state index in [2.05, 4.69) is 0 Å². The Kier molecular flexibility index (Phi) is 4.50. The number of fused-ring (bicyclic) bond motifs is 1. The van der Waals surface area contributed by atoms with Gasteiger partial charge in [-0.25, -0.2) is 12.7 Å². The SMILES string of the molecule is Cc1ccc2c(c1)N(c1ccccc1)S(=O)(=O)C(CCCCl)O2. The molecule has 0 spiro atoms. The normalized spacial score (nSPS) is 19.0. The minimum Gasteiger partial charge on any atom is -0.470 e. The predicted molar refractivity (Wildman–Crippen MR) is 93.0 cm³/mol. The van der Waals surface area contributed by atoms with Gasteiger partial charge >= 0.3 is 0 Å². The Morgan fingerprint density at radius 1 is 1.17 bits per heavy atom. The third-order valence-electron chi connectivity index (χ3n) is 3.74. The zero-order valence-corrected chi connectivity index (χ0v) is 14.3. The lowest BCUT2D eigenvalue weighted by molar-refractivity contribution is 0.257. The summed E-state index contributed by atoms with van der Waals surface area (Å²) in [6.45, 7) is 1.93. The number of rotatable bonds is 4. The first kappa shape index (κ1) is 16.1. The molecule has 0 N–H and O–H groups in total. The monoisotopic (exact) mass is 351 g/mol. The van der Waals surface area contributed by atoms with E-state index in [1.165, 1.54) is 4.31 Å². The average Bonchev–Trinajstić information content (AvgIpc) is 2.53. The lowest BCUT2D eigenvalue weighted by atomic mass is 10.2. The highest BCUT2D eigenvalue weighted by Crippen LogP contribution is 2.43.